The zero-order chi connectivity index (χ0) is 10.6. The Morgan fingerprint density at radius 2 is 2.14 bits per heavy atom. The molecule has 0 aromatic rings. The summed E-state index contributed by atoms with van der Waals surface area (Å²) in [4.78, 5) is 15.1. The minimum Gasteiger partial charge on any atom is -0.393 e. The van der Waals surface area contributed by atoms with Crippen molar-refractivity contribution in [3.8, 4) is 0 Å². The molecule has 1 rings (SSSR count). The van der Waals surface area contributed by atoms with Gasteiger partial charge in [0.1, 0.15) is 0 Å². The fraction of sp³-hybridized carbons (Fsp3) is 0.900. The normalized spacial score (nSPS) is 19.2. The van der Waals surface area contributed by atoms with E-state index in [4.69, 9.17) is 5.11 Å². The predicted octanol–water partition coefficient (Wildman–Crippen LogP) is 0.905. The first-order chi connectivity index (χ1) is 6.61. The molecule has 1 atom stereocenters. The SMILES string of the molecule is CC(O)CCCCN1CCN(C)C1=O. The van der Waals surface area contributed by atoms with Crippen LogP contribution in [0.4, 0.5) is 4.79 Å². The molecule has 0 saturated carbocycles. The van der Waals surface area contributed by atoms with E-state index in [-0.39, 0.29) is 12.1 Å². The summed E-state index contributed by atoms with van der Waals surface area (Å²) < 4.78 is 0. The molecule has 14 heavy (non-hydrogen) atoms. The van der Waals surface area contributed by atoms with Gasteiger partial charge in [0.25, 0.3) is 0 Å². The van der Waals surface area contributed by atoms with Crippen molar-refractivity contribution in [1.29, 1.82) is 0 Å². The highest BCUT2D eigenvalue weighted by Crippen LogP contribution is 2.08. The van der Waals surface area contributed by atoms with Crippen LogP contribution in [-0.2, 0) is 0 Å². The lowest BCUT2D eigenvalue weighted by Crippen LogP contribution is -2.30. The molecule has 0 spiro atoms. The molecule has 1 unspecified atom stereocenters. The maximum Gasteiger partial charge on any atom is 0.319 e. The smallest absolute Gasteiger partial charge is 0.319 e. The summed E-state index contributed by atoms with van der Waals surface area (Å²) >= 11 is 0. The number of carbonyl (C=O) groups excluding carboxylic acids is 1. The number of hydrogen-bond donors (Lipinski definition) is 1. The van der Waals surface area contributed by atoms with Crippen LogP contribution in [0.2, 0.25) is 0 Å². The van der Waals surface area contributed by atoms with Crippen LogP contribution in [0.15, 0.2) is 0 Å². The minimum atomic E-state index is -0.216. The van der Waals surface area contributed by atoms with E-state index in [1.807, 2.05) is 11.9 Å². The van der Waals surface area contributed by atoms with E-state index in [0.29, 0.717) is 0 Å². The Morgan fingerprint density at radius 3 is 2.64 bits per heavy atom. The van der Waals surface area contributed by atoms with Gasteiger partial charge in [0, 0.05) is 26.7 Å². The van der Waals surface area contributed by atoms with Gasteiger partial charge in [-0.1, -0.05) is 0 Å². The summed E-state index contributed by atoms with van der Waals surface area (Å²) in [7, 11) is 1.83. The van der Waals surface area contributed by atoms with Crippen molar-refractivity contribution in [3.63, 3.8) is 0 Å². The van der Waals surface area contributed by atoms with Crippen LogP contribution in [0.5, 0.6) is 0 Å². The van der Waals surface area contributed by atoms with Crippen molar-refractivity contribution in [2.45, 2.75) is 32.3 Å². The Bertz CT molecular complexity index is 195. The maximum absolute atomic E-state index is 11.4. The van der Waals surface area contributed by atoms with Crippen LogP contribution >= 0.6 is 0 Å². The van der Waals surface area contributed by atoms with E-state index in [1.54, 1.807) is 11.8 Å². The number of aliphatic hydroxyl groups is 1. The zero-order valence-electron chi connectivity index (χ0n) is 9.07. The monoisotopic (exact) mass is 200 g/mol. The van der Waals surface area contributed by atoms with Crippen molar-refractivity contribution in [2.24, 2.45) is 0 Å². The van der Waals surface area contributed by atoms with Crippen LogP contribution in [0, 0.1) is 0 Å². The Kier molecular flexibility index (Phi) is 4.20. The highest BCUT2D eigenvalue weighted by molar-refractivity contribution is 5.76. The van der Waals surface area contributed by atoms with E-state index in [9.17, 15) is 4.79 Å². The summed E-state index contributed by atoms with van der Waals surface area (Å²) in [6, 6.07) is 0.141. The first-order valence-corrected chi connectivity index (χ1v) is 5.29. The molecule has 2 amide bonds. The number of amides is 2. The summed E-state index contributed by atoms with van der Waals surface area (Å²) in [5.74, 6) is 0. The van der Waals surface area contributed by atoms with Crippen molar-refractivity contribution in [2.75, 3.05) is 26.7 Å². The number of aliphatic hydroxyl groups excluding tert-OH is 1. The van der Waals surface area contributed by atoms with Crippen molar-refractivity contribution in [1.82, 2.24) is 9.80 Å². The van der Waals surface area contributed by atoms with Gasteiger partial charge in [0.2, 0.25) is 0 Å². The van der Waals surface area contributed by atoms with Gasteiger partial charge in [-0.2, -0.15) is 0 Å². The maximum atomic E-state index is 11.4. The van der Waals surface area contributed by atoms with E-state index in [1.165, 1.54) is 0 Å². The fourth-order valence-electron chi connectivity index (χ4n) is 1.65. The zero-order valence-corrected chi connectivity index (χ0v) is 9.07. The van der Waals surface area contributed by atoms with E-state index in [2.05, 4.69) is 0 Å². The first kappa shape index (κ1) is 11.3. The third-order valence-electron chi connectivity index (χ3n) is 2.60. The Balaban J connectivity index is 2.10. The lowest BCUT2D eigenvalue weighted by molar-refractivity contribution is 0.177. The van der Waals surface area contributed by atoms with Crippen LogP contribution < -0.4 is 0 Å². The van der Waals surface area contributed by atoms with Gasteiger partial charge in [-0.05, 0) is 26.2 Å². The third kappa shape index (κ3) is 3.18. The molecular formula is C10H20N2O2. The van der Waals surface area contributed by atoms with Crippen LogP contribution in [0.3, 0.4) is 0 Å². The molecular weight excluding hydrogens is 180 g/mol. The molecule has 0 bridgehead atoms. The van der Waals surface area contributed by atoms with Gasteiger partial charge >= 0.3 is 6.03 Å². The molecule has 82 valence electrons. The fourth-order valence-corrected chi connectivity index (χ4v) is 1.65. The second kappa shape index (κ2) is 5.20. The number of carbonyl (C=O) groups is 1. The summed E-state index contributed by atoms with van der Waals surface area (Å²) in [6.45, 7) is 4.32. The van der Waals surface area contributed by atoms with E-state index in [0.717, 1.165) is 38.9 Å². The topological polar surface area (TPSA) is 43.8 Å². The summed E-state index contributed by atoms with van der Waals surface area (Å²) in [5, 5.41) is 9.05. The highest BCUT2D eigenvalue weighted by Gasteiger charge is 2.24. The molecule has 1 heterocycles. The Morgan fingerprint density at radius 1 is 1.43 bits per heavy atom. The summed E-state index contributed by atoms with van der Waals surface area (Å²) in [5.41, 5.74) is 0. The molecule has 1 aliphatic rings. The molecule has 1 saturated heterocycles. The largest absolute Gasteiger partial charge is 0.393 e. The first-order valence-electron chi connectivity index (χ1n) is 5.29. The van der Waals surface area contributed by atoms with Gasteiger partial charge in [0.15, 0.2) is 0 Å². The lowest BCUT2D eigenvalue weighted by atomic mass is 10.2. The van der Waals surface area contributed by atoms with Gasteiger partial charge < -0.3 is 14.9 Å². The lowest BCUT2D eigenvalue weighted by Gasteiger charge is -2.15. The Labute approximate surface area is 85.5 Å². The number of urea groups is 1. The van der Waals surface area contributed by atoms with Crippen molar-refractivity contribution in [3.05, 3.63) is 0 Å². The molecule has 1 aliphatic heterocycles. The van der Waals surface area contributed by atoms with Gasteiger partial charge in [-0.15, -0.1) is 0 Å². The molecule has 4 nitrogen and oxygen atoms in total. The van der Waals surface area contributed by atoms with Crippen LogP contribution in [0.25, 0.3) is 0 Å². The molecule has 0 aromatic heterocycles. The quantitative estimate of drug-likeness (QED) is 0.670. The van der Waals surface area contributed by atoms with Crippen LogP contribution in [-0.4, -0.2) is 53.7 Å². The van der Waals surface area contributed by atoms with Crippen molar-refractivity contribution < 1.29 is 9.90 Å². The molecule has 0 aliphatic carbocycles. The van der Waals surface area contributed by atoms with E-state index < -0.39 is 0 Å². The summed E-state index contributed by atoms with van der Waals surface area (Å²) in [6.07, 6.45) is 2.60. The standard InChI is InChI=1S/C10H20N2O2/c1-9(13)5-3-4-6-12-8-7-11(2)10(12)14/h9,13H,3-8H2,1-2H3. The Hall–Kier alpha value is -0.770. The molecule has 1 N–H and O–H groups in total. The van der Waals surface area contributed by atoms with Gasteiger partial charge in [-0.3, -0.25) is 0 Å². The molecule has 0 aromatic carbocycles. The van der Waals surface area contributed by atoms with Gasteiger partial charge in [-0.25, -0.2) is 4.79 Å². The number of hydrogen-bond acceptors (Lipinski definition) is 2. The number of nitrogens with zero attached hydrogens (tertiary/aromatic N) is 2. The number of rotatable bonds is 5. The molecule has 0 radical (unpaired) electrons. The van der Waals surface area contributed by atoms with Gasteiger partial charge in [0.05, 0.1) is 6.10 Å². The molecule has 1 fully saturated rings. The number of unbranched alkanes of at least 4 members (excludes halogenated alkanes) is 1. The minimum absolute atomic E-state index is 0.141. The predicted molar refractivity (Wildman–Crippen MR) is 55.1 cm³/mol. The third-order valence-corrected chi connectivity index (χ3v) is 2.60. The average Bonchev–Trinajstić information content (AvgIpc) is 2.43. The van der Waals surface area contributed by atoms with Crippen molar-refractivity contribution >= 4 is 6.03 Å². The number of likely N-dealkylation sites (N-methyl/N-ethyl adjacent to an activating group) is 1. The second-order valence-electron chi connectivity index (χ2n) is 4.04. The highest BCUT2D eigenvalue weighted by atomic mass is 16.3. The van der Waals surface area contributed by atoms with Crippen LogP contribution in [0.1, 0.15) is 26.2 Å². The van der Waals surface area contributed by atoms with E-state index >= 15 is 0 Å². The molecule has 4 heteroatoms. The average molecular weight is 200 g/mol. The second-order valence-corrected chi connectivity index (χ2v) is 4.04.